The molecule has 0 atom stereocenters. The molecule has 0 nitrogen and oxygen atoms in total. The quantitative estimate of drug-likeness (QED) is 0.126. The Morgan fingerprint density at radius 1 is 0.140 bits per heavy atom. The first kappa shape index (κ1) is 63.2. The molecule has 0 heteroatoms. The maximum Gasteiger partial charge on any atom is 0.0159 e. The summed E-state index contributed by atoms with van der Waals surface area (Å²) in [7, 11) is 0. The van der Waals surface area contributed by atoms with Crippen molar-refractivity contribution in [2.24, 2.45) is 0 Å². The second kappa shape index (κ2) is 26.0. The van der Waals surface area contributed by atoms with Crippen molar-refractivity contribution >= 4 is 86.2 Å². The van der Waals surface area contributed by atoms with Crippen molar-refractivity contribution in [1.82, 2.24) is 0 Å². The smallest absolute Gasteiger partial charge is 0.0159 e. The highest BCUT2D eigenvalue weighted by atomic mass is 14.4. The summed E-state index contributed by atoms with van der Waals surface area (Å²) >= 11 is 0. The van der Waals surface area contributed by atoms with Gasteiger partial charge in [-0.05, 0) is 227 Å². The van der Waals surface area contributed by atoms with Crippen LogP contribution >= 0.6 is 0 Å². The lowest BCUT2D eigenvalue weighted by Gasteiger charge is -2.23. The minimum absolute atomic E-state index is 0.0815. The lowest BCUT2D eigenvalue weighted by atomic mass is 9.80. The molecule has 0 aliphatic heterocycles. The van der Waals surface area contributed by atoms with Crippen LogP contribution in [-0.2, 0) is 5.41 Å². The van der Waals surface area contributed by atoms with Crippen LogP contribution < -0.4 is 0 Å². The lowest BCUT2D eigenvalue weighted by molar-refractivity contribution is 0.660. The van der Waals surface area contributed by atoms with Crippen molar-refractivity contribution in [2.75, 3.05) is 0 Å². The van der Waals surface area contributed by atoms with Crippen LogP contribution in [0.4, 0.5) is 0 Å². The van der Waals surface area contributed by atoms with Crippen molar-refractivity contribution in [2.45, 2.75) is 19.3 Å². The fourth-order valence-electron chi connectivity index (χ4n) is 17.8. The van der Waals surface area contributed by atoms with Gasteiger partial charge in [0.1, 0.15) is 0 Å². The minimum Gasteiger partial charge on any atom is -0.0622 e. The van der Waals surface area contributed by atoms with Crippen molar-refractivity contribution in [1.29, 1.82) is 0 Å². The Balaban J connectivity index is 0.000000142. The summed E-state index contributed by atoms with van der Waals surface area (Å²) in [4.78, 5) is 0. The molecular formula is C107H72. The largest absolute Gasteiger partial charge is 0.0622 e. The normalized spacial score (nSPS) is 12.3. The van der Waals surface area contributed by atoms with Gasteiger partial charge in [0.15, 0.2) is 0 Å². The van der Waals surface area contributed by atoms with Crippen LogP contribution in [0.5, 0.6) is 0 Å². The molecule has 0 aromatic heterocycles. The molecule has 0 amide bonds. The van der Waals surface area contributed by atoms with E-state index >= 15 is 0 Å². The zero-order chi connectivity index (χ0) is 71.1. The Labute approximate surface area is 624 Å². The molecule has 20 aromatic rings. The summed E-state index contributed by atoms with van der Waals surface area (Å²) in [5, 5.41) is 20.2. The van der Waals surface area contributed by atoms with E-state index in [1.165, 1.54) is 209 Å². The number of rotatable bonds is 9. The monoisotopic (exact) mass is 1360 g/mol. The molecule has 20 aromatic carbocycles. The van der Waals surface area contributed by atoms with Crippen LogP contribution in [0.1, 0.15) is 25.0 Å². The van der Waals surface area contributed by atoms with Gasteiger partial charge in [-0.15, -0.1) is 0 Å². The van der Waals surface area contributed by atoms with E-state index in [4.69, 9.17) is 0 Å². The average molecular weight is 1360 g/mol. The van der Waals surface area contributed by atoms with E-state index in [0.29, 0.717) is 0 Å². The standard InChI is InChI=1S/C55H38.C52H34/c1-55(2)51-24-10-9-19-44(51)45-31-30-40(34-52(45)55)53-47-20-7-8-21-48(47)54(46-23-12-16-37-14-4-6-18-43(37)46)50-33-39(29-32-49(50)53)35-25-27-38(28-26-35)42-22-11-15-36-13-3-5-17-41(36)42;1-2-12-35(13-3-1)36-26-30-41(31-27-36)51-47-20-8-9-21-48(47)52(46-23-11-17-39-15-5-7-19-45(39)46)50-34-42(32-33-49(50)51)37-24-28-40(29-25-37)44-22-10-16-38-14-4-6-18-43(38)44/h3-34H,1-2H3;1-34H. The zero-order valence-electron chi connectivity index (χ0n) is 59.6. The lowest BCUT2D eigenvalue weighted by Crippen LogP contribution is -2.14. The van der Waals surface area contributed by atoms with Crippen molar-refractivity contribution < 1.29 is 0 Å². The van der Waals surface area contributed by atoms with Crippen molar-refractivity contribution in [3.63, 3.8) is 0 Å². The van der Waals surface area contributed by atoms with E-state index in [1.807, 2.05) is 0 Å². The fourth-order valence-corrected chi connectivity index (χ4v) is 17.8. The Kier molecular flexibility index (Phi) is 15.4. The van der Waals surface area contributed by atoms with Crippen LogP contribution in [0.25, 0.3) is 197 Å². The molecule has 0 spiro atoms. The fraction of sp³-hybridized carbons (Fsp3) is 0.0280. The molecule has 0 fully saturated rings. The maximum absolute atomic E-state index is 2.48. The second-order valence-corrected chi connectivity index (χ2v) is 29.2. The van der Waals surface area contributed by atoms with Gasteiger partial charge in [0, 0.05) is 5.41 Å². The van der Waals surface area contributed by atoms with Gasteiger partial charge < -0.3 is 0 Å². The molecule has 1 aliphatic carbocycles. The van der Waals surface area contributed by atoms with Gasteiger partial charge in [0.05, 0.1) is 0 Å². The molecule has 500 valence electrons. The van der Waals surface area contributed by atoms with E-state index in [9.17, 15) is 0 Å². The van der Waals surface area contributed by atoms with Gasteiger partial charge in [-0.2, -0.15) is 0 Å². The molecule has 1 aliphatic rings. The highest BCUT2D eigenvalue weighted by Crippen LogP contribution is 2.53. The Morgan fingerprint density at radius 3 is 0.879 bits per heavy atom. The van der Waals surface area contributed by atoms with Crippen molar-refractivity contribution in [3.05, 3.63) is 412 Å². The molecule has 0 N–H and O–H groups in total. The van der Waals surface area contributed by atoms with Gasteiger partial charge in [-0.25, -0.2) is 0 Å². The summed E-state index contributed by atoms with van der Waals surface area (Å²) in [6.07, 6.45) is 0. The van der Waals surface area contributed by atoms with E-state index in [2.05, 4.69) is 414 Å². The van der Waals surface area contributed by atoms with Gasteiger partial charge in [0.25, 0.3) is 0 Å². The predicted molar refractivity (Wildman–Crippen MR) is 459 cm³/mol. The van der Waals surface area contributed by atoms with Gasteiger partial charge in [0.2, 0.25) is 0 Å². The van der Waals surface area contributed by atoms with Gasteiger partial charge in [-0.1, -0.05) is 396 Å². The summed E-state index contributed by atoms with van der Waals surface area (Å²) in [6, 6.07) is 148. The molecule has 0 unspecified atom stereocenters. The van der Waals surface area contributed by atoms with Crippen LogP contribution in [0.15, 0.2) is 400 Å². The first-order valence-electron chi connectivity index (χ1n) is 37.4. The highest BCUT2D eigenvalue weighted by molar-refractivity contribution is 6.26. The van der Waals surface area contributed by atoms with Gasteiger partial charge >= 0.3 is 0 Å². The summed E-state index contributed by atoms with van der Waals surface area (Å²) in [6.45, 7) is 4.75. The molecule has 0 radical (unpaired) electrons. The van der Waals surface area contributed by atoms with E-state index in [1.54, 1.807) is 0 Å². The third-order valence-corrected chi connectivity index (χ3v) is 23.0. The Hall–Kier alpha value is -13.5. The number of fused-ring (bicyclic) bond motifs is 11. The highest BCUT2D eigenvalue weighted by Gasteiger charge is 2.36. The van der Waals surface area contributed by atoms with E-state index < -0.39 is 0 Å². The number of hydrogen-bond donors (Lipinski definition) is 0. The first-order chi connectivity index (χ1) is 52.8. The van der Waals surface area contributed by atoms with Gasteiger partial charge in [-0.3, -0.25) is 0 Å². The van der Waals surface area contributed by atoms with Crippen LogP contribution in [0, 0.1) is 0 Å². The number of benzene rings is 20. The van der Waals surface area contributed by atoms with E-state index in [0.717, 1.165) is 0 Å². The number of hydrogen-bond acceptors (Lipinski definition) is 0. The zero-order valence-corrected chi connectivity index (χ0v) is 59.6. The maximum atomic E-state index is 2.48. The van der Waals surface area contributed by atoms with Crippen LogP contribution in [-0.4, -0.2) is 0 Å². The second-order valence-electron chi connectivity index (χ2n) is 29.2. The summed E-state index contributed by atoms with van der Waals surface area (Å²) < 4.78 is 0. The molecule has 107 heavy (non-hydrogen) atoms. The third-order valence-electron chi connectivity index (χ3n) is 23.0. The van der Waals surface area contributed by atoms with Crippen molar-refractivity contribution in [3.8, 4) is 111 Å². The molecule has 0 heterocycles. The summed E-state index contributed by atoms with van der Waals surface area (Å²) in [5.41, 5.74) is 27.8. The Bertz CT molecular complexity index is 6890. The van der Waals surface area contributed by atoms with E-state index in [-0.39, 0.29) is 5.41 Å². The molecular weight excluding hydrogens is 1290 g/mol. The summed E-state index contributed by atoms with van der Waals surface area (Å²) in [5.74, 6) is 0. The Morgan fingerprint density at radius 2 is 0.421 bits per heavy atom. The SMILES string of the molecule is CC1(C)c2ccccc2-c2ccc(-c3c4ccccc4c(-c4cccc5ccccc45)c4cc(-c5ccc(-c6cccc7ccccc67)cc5)ccc34)cc21.c1ccc(-c2ccc(-c3c4ccccc4c(-c4cccc5ccccc45)c4cc(-c5ccc(-c6cccc7ccccc67)cc5)ccc34)cc2)cc1. The van der Waals surface area contributed by atoms with Crippen LogP contribution in [0.3, 0.4) is 0 Å². The first-order valence-corrected chi connectivity index (χ1v) is 37.4. The average Bonchev–Trinajstić information content (AvgIpc) is 1.50. The minimum atomic E-state index is -0.0815. The predicted octanol–water partition coefficient (Wildman–Crippen LogP) is 29.9. The molecule has 21 rings (SSSR count). The van der Waals surface area contributed by atoms with Crippen LogP contribution in [0.2, 0.25) is 0 Å². The topological polar surface area (TPSA) is 0 Å². The third kappa shape index (κ3) is 10.8. The molecule has 0 saturated carbocycles. The molecule has 0 saturated heterocycles. The molecule has 0 bridgehead atoms.